The molecule has 0 radical (unpaired) electrons. The lowest BCUT2D eigenvalue weighted by Gasteiger charge is -2.29. The molecule has 0 aliphatic heterocycles. The number of rotatable bonds is 6. The molecular formula is C69H48N2O. The van der Waals surface area contributed by atoms with E-state index in [1.807, 2.05) is 12.1 Å². The quantitative estimate of drug-likeness (QED) is 0.166. The molecule has 0 spiro atoms. The Hall–Kier alpha value is -9.18. The van der Waals surface area contributed by atoms with Crippen LogP contribution in [0.2, 0.25) is 0 Å². The van der Waals surface area contributed by atoms with Gasteiger partial charge in [-0.15, -0.1) is 0 Å². The highest BCUT2D eigenvalue weighted by Gasteiger charge is 2.37. The first kappa shape index (κ1) is 41.8. The van der Waals surface area contributed by atoms with E-state index in [2.05, 4.69) is 266 Å². The van der Waals surface area contributed by atoms with Crippen molar-refractivity contribution in [1.82, 2.24) is 4.57 Å². The number of aromatic nitrogens is 1. The monoisotopic (exact) mass is 920 g/mol. The van der Waals surface area contributed by atoms with Gasteiger partial charge in [0.05, 0.1) is 16.7 Å². The maximum atomic E-state index is 6.50. The van der Waals surface area contributed by atoms with Crippen LogP contribution in [-0.2, 0) is 5.41 Å². The highest BCUT2D eigenvalue weighted by Crippen LogP contribution is 2.54. The summed E-state index contributed by atoms with van der Waals surface area (Å²) in [5.41, 5.74) is 18.1. The topological polar surface area (TPSA) is 21.3 Å². The number of fused-ring (bicyclic) bond motifs is 13. The molecule has 0 amide bonds. The van der Waals surface area contributed by atoms with Gasteiger partial charge in [-0.3, -0.25) is 0 Å². The number of para-hydroxylation sites is 4. The molecule has 0 N–H and O–H groups in total. The second kappa shape index (κ2) is 16.5. The number of anilines is 3. The molecule has 3 heteroatoms. The van der Waals surface area contributed by atoms with Crippen LogP contribution in [0.15, 0.2) is 259 Å². The second-order valence-electron chi connectivity index (χ2n) is 19.6. The van der Waals surface area contributed by atoms with E-state index < -0.39 is 0 Å². The van der Waals surface area contributed by atoms with Crippen LogP contribution in [0.5, 0.6) is 0 Å². The normalized spacial score (nSPS) is 12.7. The van der Waals surface area contributed by atoms with Gasteiger partial charge in [-0.25, -0.2) is 0 Å². The fourth-order valence-corrected chi connectivity index (χ4v) is 11.8. The lowest BCUT2D eigenvalue weighted by atomic mass is 9.82. The molecular weight excluding hydrogens is 873 g/mol. The van der Waals surface area contributed by atoms with E-state index in [0.717, 1.165) is 78.0 Å². The van der Waals surface area contributed by atoms with Crippen LogP contribution in [0.25, 0.3) is 104 Å². The molecule has 1 aliphatic carbocycles. The molecule has 0 saturated heterocycles. The highest BCUT2D eigenvalue weighted by molar-refractivity contribution is 6.19. The molecule has 0 unspecified atom stereocenters. The van der Waals surface area contributed by atoms with Crippen molar-refractivity contribution in [3.05, 3.63) is 266 Å². The van der Waals surface area contributed by atoms with Crippen molar-refractivity contribution in [3.63, 3.8) is 0 Å². The van der Waals surface area contributed by atoms with Gasteiger partial charge in [-0.2, -0.15) is 0 Å². The van der Waals surface area contributed by atoms with Crippen LogP contribution in [0.1, 0.15) is 25.0 Å². The maximum absolute atomic E-state index is 6.50. The van der Waals surface area contributed by atoms with Crippen molar-refractivity contribution in [2.45, 2.75) is 19.3 Å². The molecule has 2 aromatic heterocycles. The Kier molecular flexibility index (Phi) is 9.56. The van der Waals surface area contributed by atoms with Crippen molar-refractivity contribution >= 4 is 82.4 Å². The smallest absolute Gasteiger partial charge is 0.143 e. The summed E-state index contributed by atoms with van der Waals surface area (Å²) in [6.07, 6.45) is 0. The summed E-state index contributed by atoms with van der Waals surface area (Å²) in [5.74, 6) is 0. The minimum Gasteiger partial charge on any atom is -0.455 e. The van der Waals surface area contributed by atoms with E-state index in [-0.39, 0.29) is 5.41 Å². The summed E-state index contributed by atoms with van der Waals surface area (Å²) in [6.45, 7) is 4.70. The summed E-state index contributed by atoms with van der Waals surface area (Å²) in [6, 6.07) is 93.0. The van der Waals surface area contributed by atoms with E-state index in [4.69, 9.17) is 4.42 Å². The molecule has 2 heterocycles. The van der Waals surface area contributed by atoms with Crippen LogP contribution in [-0.4, -0.2) is 4.57 Å². The van der Waals surface area contributed by atoms with E-state index in [1.54, 1.807) is 0 Å². The Morgan fingerprint density at radius 2 is 0.792 bits per heavy atom. The fraction of sp³-hybridized carbons (Fsp3) is 0.0435. The summed E-state index contributed by atoms with van der Waals surface area (Å²) >= 11 is 0. The van der Waals surface area contributed by atoms with Crippen molar-refractivity contribution in [2.75, 3.05) is 4.90 Å². The zero-order valence-electron chi connectivity index (χ0n) is 40.1. The summed E-state index contributed by atoms with van der Waals surface area (Å²) in [5, 5.41) is 9.54. The minimum absolute atomic E-state index is 0.135. The van der Waals surface area contributed by atoms with E-state index >= 15 is 0 Å². The van der Waals surface area contributed by atoms with Crippen molar-refractivity contribution in [2.24, 2.45) is 0 Å². The van der Waals surface area contributed by atoms with Crippen LogP contribution >= 0.6 is 0 Å². The van der Waals surface area contributed by atoms with Gasteiger partial charge in [0.15, 0.2) is 0 Å². The third-order valence-corrected chi connectivity index (χ3v) is 15.3. The van der Waals surface area contributed by atoms with Crippen LogP contribution < -0.4 is 4.90 Å². The molecule has 3 nitrogen and oxygen atoms in total. The Bertz CT molecular complexity index is 4240. The minimum atomic E-state index is -0.135. The number of furan rings is 1. The van der Waals surface area contributed by atoms with E-state index in [9.17, 15) is 0 Å². The SMILES string of the molecule is CC1(C)c2ccccc2-c2c(N(c3ccc(-c4ccc(-n5c6ccccc6c6ccccc6c6ccccc6c6ccccc65)cc4)cc3)c3ccc(-c4cccc5c4oc4ccccc45)cc3)cccc21. The predicted molar refractivity (Wildman–Crippen MR) is 304 cm³/mol. The Balaban J connectivity index is 0.894. The average molecular weight is 921 g/mol. The molecule has 340 valence electrons. The van der Waals surface area contributed by atoms with Crippen molar-refractivity contribution in [3.8, 4) is 39.1 Å². The van der Waals surface area contributed by atoms with Gasteiger partial charge in [0.2, 0.25) is 0 Å². The van der Waals surface area contributed by atoms with Crippen molar-refractivity contribution in [1.29, 1.82) is 0 Å². The van der Waals surface area contributed by atoms with Crippen molar-refractivity contribution < 1.29 is 4.42 Å². The van der Waals surface area contributed by atoms with Crippen LogP contribution in [0.3, 0.4) is 0 Å². The lowest BCUT2D eigenvalue weighted by Crippen LogP contribution is -2.16. The second-order valence-corrected chi connectivity index (χ2v) is 19.6. The largest absolute Gasteiger partial charge is 0.455 e. The highest BCUT2D eigenvalue weighted by atomic mass is 16.3. The molecule has 72 heavy (non-hydrogen) atoms. The average Bonchev–Trinajstić information content (AvgIpc) is 3.95. The zero-order chi connectivity index (χ0) is 47.9. The fourth-order valence-electron chi connectivity index (χ4n) is 11.8. The Morgan fingerprint density at radius 3 is 1.42 bits per heavy atom. The van der Waals surface area contributed by atoms with Gasteiger partial charge in [-0.05, 0) is 116 Å². The Labute approximate surface area is 418 Å². The van der Waals surface area contributed by atoms with Gasteiger partial charge in [0.25, 0.3) is 0 Å². The number of hydrogen-bond acceptors (Lipinski definition) is 2. The van der Waals surface area contributed by atoms with Crippen LogP contribution in [0, 0.1) is 0 Å². The third-order valence-electron chi connectivity index (χ3n) is 15.3. The van der Waals surface area contributed by atoms with Gasteiger partial charge in [0.1, 0.15) is 11.2 Å². The first-order valence-electron chi connectivity index (χ1n) is 24.9. The molecule has 14 rings (SSSR count). The van der Waals surface area contributed by atoms with Gasteiger partial charge < -0.3 is 13.9 Å². The summed E-state index contributed by atoms with van der Waals surface area (Å²) in [4.78, 5) is 2.44. The number of benzene rings is 11. The molecule has 11 aromatic carbocycles. The summed E-state index contributed by atoms with van der Waals surface area (Å²) in [7, 11) is 0. The molecule has 0 fully saturated rings. The molecule has 13 aromatic rings. The standard InChI is InChI=1S/C69H48N2O/c1-69(2)61-27-11-7-24-60(61)67-62(69)28-16-31-65(67)70(49-43-37-47(38-44-49)51-25-15-26-59-58-23-10-14-32-66(58)72-68(51)59)48-39-33-45(34-40-48)46-35-41-50(42-36-46)71-63-29-12-8-21-56(63)54-19-5-3-17-52(54)53-18-4-6-20-55(53)57-22-9-13-30-64(57)71/h3-44H,1-2H3. The van der Waals surface area contributed by atoms with Gasteiger partial charge in [0, 0.05) is 55.1 Å². The van der Waals surface area contributed by atoms with Gasteiger partial charge in [-0.1, -0.05) is 208 Å². The van der Waals surface area contributed by atoms with Crippen LogP contribution in [0.4, 0.5) is 17.1 Å². The van der Waals surface area contributed by atoms with E-state index in [0.29, 0.717) is 0 Å². The van der Waals surface area contributed by atoms with Gasteiger partial charge >= 0.3 is 0 Å². The third kappa shape index (κ3) is 6.51. The number of hydrogen-bond donors (Lipinski definition) is 0. The van der Waals surface area contributed by atoms with E-state index in [1.165, 1.54) is 54.6 Å². The molecule has 1 aliphatic rings. The molecule has 0 atom stereocenters. The Morgan fingerprint density at radius 1 is 0.347 bits per heavy atom. The molecule has 0 saturated carbocycles. The predicted octanol–water partition coefficient (Wildman–Crippen LogP) is 19.2. The first-order chi connectivity index (χ1) is 35.5. The first-order valence-corrected chi connectivity index (χ1v) is 24.9. The number of nitrogens with zero attached hydrogens (tertiary/aromatic N) is 2. The zero-order valence-corrected chi connectivity index (χ0v) is 40.1. The maximum Gasteiger partial charge on any atom is 0.143 e. The summed E-state index contributed by atoms with van der Waals surface area (Å²) < 4.78 is 8.93. The molecule has 0 bridgehead atoms. The lowest BCUT2D eigenvalue weighted by molar-refractivity contribution is 0.660.